The van der Waals surface area contributed by atoms with Gasteiger partial charge in [0.1, 0.15) is 0 Å². The number of nitrogens with zero attached hydrogens (tertiary/aromatic N) is 2. The maximum absolute atomic E-state index is 10.00. The summed E-state index contributed by atoms with van der Waals surface area (Å²) in [7, 11) is 4.84. The lowest BCUT2D eigenvalue weighted by molar-refractivity contribution is -0.0667. The molecule has 1 aromatic carbocycles. The summed E-state index contributed by atoms with van der Waals surface area (Å²) in [5.74, 6) is 1.67. The van der Waals surface area contributed by atoms with Crippen molar-refractivity contribution in [3.63, 3.8) is 0 Å². The van der Waals surface area contributed by atoms with E-state index in [2.05, 4.69) is 42.9 Å². The topological polar surface area (TPSA) is 66.3 Å². The normalized spacial score (nSPS) is 18.8. The van der Waals surface area contributed by atoms with Gasteiger partial charge < -0.3 is 24.8 Å². The van der Waals surface area contributed by atoms with E-state index in [0.29, 0.717) is 18.0 Å². The first kappa shape index (κ1) is 18.2. The Morgan fingerprint density at radius 2 is 1.75 bits per heavy atom. The van der Waals surface area contributed by atoms with Gasteiger partial charge in [-0.25, -0.2) is 0 Å². The number of aromatic hydroxyl groups is 1. The molecular formula is C18H29N3O3. The Kier molecular flexibility index (Phi) is 4.87. The predicted octanol–water partition coefficient (Wildman–Crippen LogP) is 2.61. The summed E-state index contributed by atoms with van der Waals surface area (Å²) in [6, 6.07) is 3.59. The van der Waals surface area contributed by atoms with Crippen LogP contribution in [0, 0.1) is 5.41 Å². The number of rotatable bonds is 4. The number of nitrogens with one attached hydrogen (secondary N) is 1. The number of benzene rings is 1. The lowest BCUT2D eigenvalue weighted by atomic mass is 9.65. The third-order valence-electron chi connectivity index (χ3n) is 5.34. The first-order chi connectivity index (χ1) is 11.2. The van der Waals surface area contributed by atoms with E-state index in [1.54, 1.807) is 19.2 Å². The van der Waals surface area contributed by atoms with E-state index in [-0.39, 0.29) is 16.7 Å². The number of likely N-dealkylation sites (tertiary alicyclic amines) is 1. The predicted molar refractivity (Wildman–Crippen MR) is 96.0 cm³/mol. The van der Waals surface area contributed by atoms with Crippen LogP contribution in [0.2, 0.25) is 0 Å². The summed E-state index contributed by atoms with van der Waals surface area (Å²) in [4.78, 5) is 6.69. The minimum Gasteiger partial charge on any atom is -0.502 e. The van der Waals surface area contributed by atoms with Crippen LogP contribution >= 0.6 is 0 Å². The molecule has 0 aliphatic carbocycles. The van der Waals surface area contributed by atoms with E-state index in [9.17, 15) is 5.11 Å². The fourth-order valence-corrected chi connectivity index (χ4v) is 2.93. The fourth-order valence-electron chi connectivity index (χ4n) is 2.93. The zero-order chi connectivity index (χ0) is 18.1. The molecule has 0 atom stereocenters. The number of hydrogen-bond donors (Lipinski definition) is 2. The summed E-state index contributed by atoms with van der Waals surface area (Å²) in [5.41, 5.74) is 1.23. The van der Waals surface area contributed by atoms with Gasteiger partial charge >= 0.3 is 0 Å². The molecule has 0 saturated carbocycles. The number of ether oxygens (including phenoxy) is 2. The van der Waals surface area contributed by atoms with Crippen LogP contribution in [-0.4, -0.2) is 49.3 Å². The van der Waals surface area contributed by atoms with Crippen LogP contribution in [0.1, 0.15) is 33.3 Å². The monoisotopic (exact) mass is 335 g/mol. The zero-order valence-corrected chi connectivity index (χ0v) is 15.7. The molecule has 0 amide bonds. The van der Waals surface area contributed by atoms with E-state index in [1.807, 2.05) is 0 Å². The molecule has 0 bridgehead atoms. The molecule has 1 heterocycles. The zero-order valence-electron chi connectivity index (χ0n) is 15.7. The highest BCUT2D eigenvalue weighted by Gasteiger charge is 2.53. The van der Waals surface area contributed by atoms with Crippen LogP contribution in [0.5, 0.6) is 17.2 Å². The first-order valence-corrected chi connectivity index (χ1v) is 8.10. The number of aliphatic imine (C=N–C) groups is 1. The van der Waals surface area contributed by atoms with Crippen LogP contribution in [0.4, 0.5) is 0 Å². The number of phenols is 1. The minimum absolute atomic E-state index is 0.0127. The van der Waals surface area contributed by atoms with E-state index in [1.165, 1.54) is 14.2 Å². The second-order valence-corrected chi connectivity index (χ2v) is 7.28. The molecule has 2 N–H and O–H groups in total. The lowest BCUT2D eigenvalue weighted by Crippen LogP contribution is -2.72. The molecule has 2 rings (SSSR count). The number of guanidine groups is 1. The Bertz CT molecular complexity index is 613. The number of hydrogen-bond acceptors (Lipinski definition) is 4. The molecule has 1 fully saturated rings. The van der Waals surface area contributed by atoms with E-state index in [0.717, 1.165) is 18.1 Å². The highest BCUT2D eigenvalue weighted by atomic mass is 16.5. The summed E-state index contributed by atoms with van der Waals surface area (Å²) in [6.45, 7) is 10.5. The highest BCUT2D eigenvalue weighted by Crippen LogP contribution is 2.46. The van der Waals surface area contributed by atoms with Crippen molar-refractivity contribution in [3.05, 3.63) is 17.7 Å². The molecule has 24 heavy (non-hydrogen) atoms. The Morgan fingerprint density at radius 1 is 1.21 bits per heavy atom. The second kappa shape index (κ2) is 6.42. The van der Waals surface area contributed by atoms with Gasteiger partial charge in [-0.1, -0.05) is 13.8 Å². The summed E-state index contributed by atoms with van der Waals surface area (Å²) in [6.07, 6.45) is 0. The average molecular weight is 335 g/mol. The molecule has 6 nitrogen and oxygen atoms in total. The highest BCUT2D eigenvalue weighted by molar-refractivity contribution is 5.82. The Morgan fingerprint density at radius 3 is 2.12 bits per heavy atom. The molecular weight excluding hydrogens is 306 g/mol. The molecule has 1 aliphatic rings. The van der Waals surface area contributed by atoms with Crippen LogP contribution in [0.3, 0.4) is 0 Å². The van der Waals surface area contributed by atoms with Gasteiger partial charge in [0.25, 0.3) is 0 Å². The number of phenolic OH excluding ortho intramolecular Hbond substituents is 1. The molecule has 6 heteroatoms. The van der Waals surface area contributed by atoms with Gasteiger partial charge in [0.15, 0.2) is 17.5 Å². The SMILES string of the molecule is CN=C(NCc1cc(OC)c(O)c(OC)c1)N1CC(C)(C)C1(C)C. The van der Waals surface area contributed by atoms with Gasteiger partial charge in [0.05, 0.1) is 14.2 Å². The molecule has 1 aromatic rings. The molecule has 0 spiro atoms. The van der Waals surface area contributed by atoms with Crippen molar-refractivity contribution in [2.75, 3.05) is 27.8 Å². The van der Waals surface area contributed by atoms with E-state index in [4.69, 9.17) is 9.47 Å². The largest absolute Gasteiger partial charge is 0.502 e. The minimum atomic E-state index is 0.0127. The van der Waals surface area contributed by atoms with Gasteiger partial charge in [-0.3, -0.25) is 4.99 Å². The van der Waals surface area contributed by atoms with Crippen molar-refractivity contribution in [2.24, 2.45) is 10.4 Å². The Balaban J connectivity index is 2.13. The standard InChI is InChI=1S/C18H29N3O3/c1-17(2)11-21(18(17,3)4)16(19-5)20-10-12-8-13(23-6)15(22)14(9-12)24-7/h8-9,22H,10-11H2,1-7H3,(H,19,20). The van der Waals surface area contributed by atoms with Gasteiger partial charge in [0.2, 0.25) is 5.75 Å². The van der Waals surface area contributed by atoms with Crippen molar-refractivity contribution < 1.29 is 14.6 Å². The molecule has 0 aromatic heterocycles. The molecule has 134 valence electrons. The van der Waals surface area contributed by atoms with Crippen molar-refractivity contribution in [1.82, 2.24) is 10.2 Å². The van der Waals surface area contributed by atoms with Gasteiger partial charge in [0, 0.05) is 31.1 Å². The van der Waals surface area contributed by atoms with Gasteiger partial charge in [-0.05, 0) is 31.5 Å². The smallest absolute Gasteiger partial charge is 0.200 e. The van der Waals surface area contributed by atoms with Crippen molar-refractivity contribution in [3.8, 4) is 17.2 Å². The van der Waals surface area contributed by atoms with E-state index < -0.39 is 0 Å². The molecule has 0 radical (unpaired) electrons. The lowest BCUT2D eigenvalue weighted by Gasteiger charge is -2.62. The van der Waals surface area contributed by atoms with Gasteiger partial charge in [-0.15, -0.1) is 0 Å². The quantitative estimate of drug-likeness (QED) is 0.654. The van der Waals surface area contributed by atoms with Gasteiger partial charge in [-0.2, -0.15) is 0 Å². The summed E-state index contributed by atoms with van der Waals surface area (Å²) in [5, 5.41) is 13.4. The third-order valence-corrected chi connectivity index (χ3v) is 5.34. The maximum Gasteiger partial charge on any atom is 0.200 e. The van der Waals surface area contributed by atoms with Crippen molar-refractivity contribution >= 4 is 5.96 Å². The Labute approximate surface area is 144 Å². The fraction of sp³-hybridized carbons (Fsp3) is 0.611. The molecule has 1 aliphatic heterocycles. The van der Waals surface area contributed by atoms with Crippen LogP contribution in [0.25, 0.3) is 0 Å². The second-order valence-electron chi connectivity index (χ2n) is 7.28. The van der Waals surface area contributed by atoms with Crippen LogP contribution in [0.15, 0.2) is 17.1 Å². The van der Waals surface area contributed by atoms with Crippen LogP contribution in [-0.2, 0) is 6.54 Å². The molecule has 0 unspecified atom stereocenters. The van der Waals surface area contributed by atoms with Crippen molar-refractivity contribution in [2.45, 2.75) is 39.8 Å². The third kappa shape index (κ3) is 2.97. The summed E-state index contributed by atoms with van der Waals surface area (Å²) >= 11 is 0. The summed E-state index contributed by atoms with van der Waals surface area (Å²) < 4.78 is 10.4. The van der Waals surface area contributed by atoms with Crippen molar-refractivity contribution in [1.29, 1.82) is 0 Å². The Hall–Kier alpha value is -2.11. The van der Waals surface area contributed by atoms with Crippen LogP contribution < -0.4 is 14.8 Å². The maximum atomic E-state index is 10.00. The van der Waals surface area contributed by atoms with E-state index >= 15 is 0 Å². The number of methoxy groups -OCH3 is 2. The average Bonchev–Trinajstić information content (AvgIpc) is 2.55. The first-order valence-electron chi connectivity index (χ1n) is 8.10. The molecule has 1 saturated heterocycles.